The van der Waals surface area contributed by atoms with E-state index in [-0.39, 0.29) is 23.1 Å². The van der Waals surface area contributed by atoms with Gasteiger partial charge in [-0.15, -0.1) is 10.2 Å². The van der Waals surface area contributed by atoms with Gasteiger partial charge in [-0.25, -0.2) is 4.39 Å². The quantitative estimate of drug-likeness (QED) is 0.563. The molecule has 1 atom stereocenters. The Morgan fingerprint density at radius 3 is 2.30 bits per heavy atom. The molecule has 40 heavy (non-hydrogen) atoms. The molecular weight excluding hydrogens is 536 g/mol. The number of H-pyrrole nitrogens is 2. The van der Waals surface area contributed by atoms with Crippen LogP contribution in [0.2, 0.25) is 0 Å². The number of aliphatic carboxylic acids is 1. The maximum Gasteiger partial charge on any atom is 0.430 e. The lowest BCUT2D eigenvalue weighted by Gasteiger charge is -2.43. The highest BCUT2D eigenvalue weighted by molar-refractivity contribution is 5.98. The molecule has 218 valence electrons. The van der Waals surface area contributed by atoms with Crippen LogP contribution in [-0.2, 0) is 16.0 Å². The molecule has 9 nitrogen and oxygen atoms in total. The van der Waals surface area contributed by atoms with Crippen LogP contribution in [0.4, 0.5) is 17.6 Å². The molecule has 13 heteroatoms. The van der Waals surface area contributed by atoms with Crippen molar-refractivity contribution in [2.24, 2.45) is 0 Å². The molecule has 2 aliphatic rings. The number of carbonyl (C=O) groups is 3. The summed E-state index contributed by atoms with van der Waals surface area (Å²) >= 11 is 0. The number of piperazine rings is 1. The number of nitrogens with one attached hydrogen (secondary N) is 2. The number of alkyl halides is 3. The van der Waals surface area contributed by atoms with E-state index in [1.165, 1.54) is 17.4 Å². The van der Waals surface area contributed by atoms with Gasteiger partial charge in [0, 0.05) is 30.3 Å². The number of carboxylic acids is 1. The fourth-order valence-corrected chi connectivity index (χ4v) is 5.02. The Labute approximate surface area is 228 Å². The van der Waals surface area contributed by atoms with Crippen molar-refractivity contribution < 1.29 is 42.2 Å². The highest BCUT2D eigenvalue weighted by Crippen LogP contribution is 2.27. The van der Waals surface area contributed by atoms with Crippen LogP contribution >= 0.6 is 0 Å². The van der Waals surface area contributed by atoms with Gasteiger partial charge in [-0.3, -0.25) is 14.4 Å². The third-order valence-electron chi connectivity index (χ3n) is 7.52. The third kappa shape index (κ3) is 7.05. The molecule has 1 aromatic carbocycles. The van der Waals surface area contributed by atoms with Crippen LogP contribution in [0.25, 0.3) is 0 Å². The number of hydrogen-bond donors (Lipinski definition) is 1. The second-order valence-electron chi connectivity index (χ2n) is 10.1. The number of nitrogens with zero attached hydrogens (tertiary/aromatic N) is 2. The Hall–Kier alpha value is -3.77. The molecule has 2 amide bonds. The fraction of sp³-hybridized carbons (Fsp3) is 0.519. The maximum atomic E-state index is 14.7. The normalized spacial score (nSPS) is 18.3. The Bertz CT molecular complexity index is 1320. The molecule has 0 radical (unpaired) electrons. The van der Waals surface area contributed by atoms with Crippen LogP contribution in [-0.4, -0.2) is 64.0 Å². The van der Waals surface area contributed by atoms with Crippen LogP contribution in [0.3, 0.4) is 0 Å². The number of carbonyl (C=O) groups excluding carboxylic acids is 3. The van der Waals surface area contributed by atoms with Crippen molar-refractivity contribution in [1.29, 1.82) is 0 Å². The number of aromatic amines is 2. The Kier molecular flexibility index (Phi) is 9.69. The van der Waals surface area contributed by atoms with Gasteiger partial charge in [-0.2, -0.15) is 13.2 Å². The summed E-state index contributed by atoms with van der Waals surface area (Å²) in [4.78, 5) is 50.3. The standard InChI is InChI=1S/C25H31FN4O3.C2HF3O2/c1-15-16(2)23(31)28-27-22(15)14-18-9-10-21(26)20(13-18)25(33)29-11-12-30(24(32)17(29)3)19-7-5-4-6-8-19;3-2(4,5)1(6)7/h9-10,13,17,19H,4-8,11-12,14H2,1-3H3,(H,28,31);(H,6,7). The first-order valence-corrected chi connectivity index (χ1v) is 13.0. The smallest absolute Gasteiger partial charge is 0.430 e. The maximum absolute atomic E-state index is 14.7. The number of amides is 2. The molecule has 0 spiro atoms. The monoisotopic (exact) mass is 568 g/mol. The second kappa shape index (κ2) is 12.6. The lowest BCUT2D eigenvalue weighted by atomic mass is 9.93. The van der Waals surface area contributed by atoms with E-state index in [9.17, 15) is 31.9 Å². The number of aromatic nitrogens is 2. The summed E-state index contributed by atoms with van der Waals surface area (Å²) in [5.41, 5.74) is 2.76. The zero-order chi connectivity index (χ0) is 29.8. The SMILES string of the molecule is Cc1c(Cc2ccc(F)c(C(=O)N3CCN(C4CCCCC4)C(=O)C3C)c2)[nH+][nH]c(=O)c1C.O=C([O-])C(F)(F)F. The van der Waals surface area contributed by atoms with Crippen LogP contribution in [0.15, 0.2) is 23.0 Å². The van der Waals surface area contributed by atoms with E-state index in [0.717, 1.165) is 42.5 Å². The van der Waals surface area contributed by atoms with Crippen molar-refractivity contribution in [3.8, 4) is 0 Å². The molecule has 2 aromatic rings. The predicted octanol–water partition coefficient (Wildman–Crippen LogP) is 1.84. The van der Waals surface area contributed by atoms with E-state index in [4.69, 9.17) is 9.90 Å². The van der Waals surface area contributed by atoms with E-state index < -0.39 is 29.9 Å². The third-order valence-corrected chi connectivity index (χ3v) is 7.52. The molecular formula is C27H32F4N4O5. The number of rotatable bonds is 4. The van der Waals surface area contributed by atoms with Crippen LogP contribution in [0, 0.1) is 19.7 Å². The predicted molar refractivity (Wildman–Crippen MR) is 132 cm³/mol. The first kappa shape index (κ1) is 30.8. The van der Waals surface area contributed by atoms with Gasteiger partial charge in [0.05, 0.1) is 12.0 Å². The van der Waals surface area contributed by atoms with Gasteiger partial charge in [0.2, 0.25) is 11.6 Å². The average Bonchev–Trinajstić information content (AvgIpc) is 2.91. The van der Waals surface area contributed by atoms with Crippen LogP contribution in [0.1, 0.15) is 71.8 Å². The van der Waals surface area contributed by atoms with Crippen molar-refractivity contribution in [2.45, 2.75) is 77.6 Å². The zero-order valence-corrected chi connectivity index (χ0v) is 22.5. The number of hydrogen-bond acceptors (Lipinski definition) is 5. The lowest BCUT2D eigenvalue weighted by molar-refractivity contribution is -0.467. The molecule has 2 fully saturated rings. The van der Waals surface area contributed by atoms with Crippen molar-refractivity contribution in [3.05, 3.63) is 62.3 Å². The first-order chi connectivity index (χ1) is 18.7. The average molecular weight is 569 g/mol. The molecule has 1 aromatic heterocycles. The van der Waals surface area contributed by atoms with E-state index in [2.05, 4.69) is 10.2 Å². The summed E-state index contributed by atoms with van der Waals surface area (Å²) in [6.45, 7) is 6.23. The number of benzene rings is 1. The fourth-order valence-electron chi connectivity index (χ4n) is 5.02. The summed E-state index contributed by atoms with van der Waals surface area (Å²) in [5, 5.41) is 14.3. The minimum absolute atomic E-state index is 0.0305. The molecule has 2 N–H and O–H groups in total. The summed E-state index contributed by atoms with van der Waals surface area (Å²) in [5.74, 6) is -4.12. The van der Waals surface area contributed by atoms with E-state index in [1.807, 2.05) is 11.8 Å². The van der Waals surface area contributed by atoms with E-state index in [1.54, 1.807) is 26.0 Å². The van der Waals surface area contributed by atoms with E-state index >= 15 is 0 Å². The Balaban J connectivity index is 0.000000559. The van der Waals surface area contributed by atoms with Gasteiger partial charge in [0.25, 0.3) is 5.91 Å². The van der Waals surface area contributed by atoms with Gasteiger partial charge in [-0.05, 0) is 51.3 Å². The minimum Gasteiger partial charge on any atom is -0.542 e. The van der Waals surface area contributed by atoms with E-state index in [0.29, 0.717) is 25.1 Å². The molecule has 2 heterocycles. The highest BCUT2D eigenvalue weighted by atomic mass is 19.4. The minimum atomic E-state index is -5.19. The van der Waals surface area contributed by atoms with Gasteiger partial charge in [-0.1, -0.05) is 25.3 Å². The van der Waals surface area contributed by atoms with Crippen LogP contribution in [0.5, 0.6) is 0 Å². The van der Waals surface area contributed by atoms with Gasteiger partial charge in [0.15, 0.2) is 0 Å². The topological polar surface area (TPSA) is 128 Å². The second-order valence-corrected chi connectivity index (χ2v) is 10.1. The molecule has 4 rings (SSSR count). The molecule has 1 aliphatic heterocycles. The van der Waals surface area contributed by atoms with Crippen molar-refractivity contribution >= 4 is 17.8 Å². The molecule has 0 bridgehead atoms. The molecule has 1 saturated carbocycles. The number of halogens is 4. The van der Waals surface area contributed by atoms with Gasteiger partial charge >= 0.3 is 11.7 Å². The van der Waals surface area contributed by atoms with Crippen molar-refractivity contribution in [1.82, 2.24) is 14.9 Å². The highest BCUT2D eigenvalue weighted by Gasteiger charge is 2.38. The molecule has 1 aliphatic carbocycles. The molecule has 1 saturated heterocycles. The Morgan fingerprint density at radius 2 is 1.70 bits per heavy atom. The van der Waals surface area contributed by atoms with Crippen LogP contribution < -0.4 is 15.8 Å². The van der Waals surface area contributed by atoms with Crippen molar-refractivity contribution in [2.75, 3.05) is 13.1 Å². The Morgan fingerprint density at radius 1 is 1.07 bits per heavy atom. The van der Waals surface area contributed by atoms with Crippen molar-refractivity contribution in [3.63, 3.8) is 0 Å². The lowest BCUT2D eigenvalue weighted by Crippen LogP contribution is -2.60. The largest absolute Gasteiger partial charge is 0.542 e. The first-order valence-electron chi connectivity index (χ1n) is 13.0. The number of carboxylic acid groups (broad SMARTS) is 1. The summed E-state index contributed by atoms with van der Waals surface area (Å²) < 4.78 is 46.3. The zero-order valence-electron chi connectivity index (χ0n) is 22.5. The summed E-state index contributed by atoms with van der Waals surface area (Å²) in [6.07, 6.45) is 0.732. The van der Waals surface area contributed by atoms with Gasteiger partial charge in [0.1, 0.15) is 17.8 Å². The molecule has 1 unspecified atom stereocenters. The summed E-state index contributed by atoms with van der Waals surface area (Å²) in [7, 11) is 0. The summed E-state index contributed by atoms with van der Waals surface area (Å²) in [6, 6.07) is 4.12. The van der Waals surface area contributed by atoms with Gasteiger partial charge < -0.3 is 19.7 Å².